The van der Waals surface area contributed by atoms with Gasteiger partial charge in [0.15, 0.2) is 11.6 Å². The molecule has 0 bridgehead atoms. The number of aromatic nitrogens is 2. The maximum absolute atomic E-state index is 13.5. The van der Waals surface area contributed by atoms with Crippen LogP contribution >= 0.6 is 0 Å². The largest absolute Gasteiger partial charge is 0.497 e. The molecule has 0 saturated carbocycles. The number of nitrogens with zero attached hydrogens (tertiary/aromatic N) is 2. The summed E-state index contributed by atoms with van der Waals surface area (Å²) in [5.74, 6) is 0.705. The minimum absolute atomic E-state index is 0.125. The van der Waals surface area contributed by atoms with E-state index in [1.54, 1.807) is 38.4 Å². The summed E-state index contributed by atoms with van der Waals surface area (Å²) >= 11 is 0. The summed E-state index contributed by atoms with van der Waals surface area (Å²) in [6.45, 7) is 0. The molecule has 0 aliphatic rings. The molecule has 0 amide bonds. The van der Waals surface area contributed by atoms with Gasteiger partial charge in [-0.05, 0) is 24.3 Å². The highest BCUT2D eigenvalue weighted by Crippen LogP contribution is 2.20. The zero-order valence-electron chi connectivity index (χ0n) is 10.1. The van der Waals surface area contributed by atoms with Crippen molar-refractivity contribution in [3.63, 3.8) is 0 Å². The molecular formula is C12H13FN4O. The molecule has 0 aliphatic carbocycles. The van der Waals surface area contributed by atoms with Gasteiger partial charge in [0.2, 0.25) is 5.95 Å². The second-order valence-corrected chi connectivity index (χ2v) is 3.49. The van der Waals surface area contributed by atoms with Gasteiger partial charge in [0.25, 0.3) is 0 Å². The number of hydrogen-bond acceptors (Lipinski definition) is 5. The van der Waals surface area contributed by atoms with Crippen molar-refractivity contribution >= 4 is 17.5 Å². The average Bonchev–Trinajstić information content (AvgIpc) is 2.42. The summed E-state index contributed by atoms with van der Waals surface area (Å²) in [5.41, 5.74) is 0.718. The minimum atomic E-state index is -0.509. The van der Waals surface area contributed by atoms with Gasteiger partial charge in [-0.25, -0.2) is 9.37 Å². The van der Waals surface area contributed by atoms with E-state index in [9.17, 15) is 4.39 Å². The van der Waals surface area contributed by atoms with Crippen LogP contribution in [0.3, 0.4) is 0 Å². The second-order valence-electron chi connectivity index (χ2n) is 3.49. The summed E-state index contributed by atoms with van der Waals surface area (Å²) in [6.07, 6.45) is 1.12. The molecule has 0 unspecified atom stereocenters. The number of ether oxygens (including phenoxy) is 1. The Morgan fingerprint density at radius 3 is 2.56 bits per heavy atom. The zero-order chi connectivity index (χ0) is 13.0. The minimum Gasteiger partial charge on any atom is -0.497 e. The Labute approximate surface area is 104 Å². The number of methoxy groups -OCH3 is 1. The Hall–Kier alpha value is -2.37. The maximum atomic E-state index is 13.5. The van der Waals surface area contributed by atoms with Crippen LogP contribution < -0.4 is 15.4 Å². The quantitative estimate of drug-likeness (QED) is 0.870. The number of halogens is 1. The number of hydrogen-bond donors (Lipinski definition) is 2. The van der Waals surface area contributed by atoms with Gasteiger partial charge in [-0.1, -0.05) is 0 Å². The summed E-state index contributed by atoms with van der Waals surface area (Å²) in [6, 6.07) is 7.11. The van der Waals surface area contributed by atoms with Crippen LogP contribution in [0.1, 0.15) is 0 Å². The van der Waals surface area contributed by atoms with E-state index in [0.717, 1.165) is 17.6 Å². The van der Waals surface area contributed by atoms with Crippen LogP contribution in [0, 0.1) is 5.82 Å². The van der Waals surface area contributed by atoms with E-state index in [2.05, 4.69) is 20.6 Å². The van der Waals surface area contributed by atoms with Gasteiger partial charge in [-0.15, -0.1) is 0 Å². The normalized spacial score (nSPS) is 9.94. The van der Waals surface area contributed by atoms with E-state index >= 15 is 0 Å². The van der Waals surface area contributed by atoms with Crippen molar-refractivity contribution < 1.29 is 9.13 Å². The summed E-state index contributed by atoms with van der Waals surface area (Å²) < 4.78 is 18.5. The molecule has 5 nitrogen and oxygen atoms in total. The summed E-state index contributed by atoms with van der Waals surface area (Å²) in [4.78, 5) is 7.76. The van der Waals surface area contributed by atoms with E-state index in [0.29, 0.717) is 5.95 Å². The highest BCUT2D eigenvalue weighted by Gasteiger charge is 2.06. The van der Waals surface area contributed by atoms with E-state index < -0.39 is 5.82 Å². The molecule has 6 heteroatoms. The number of anilines is 3. The van der Waals surface area contributed by atoms with Crippen LogP contribution in [0.4, 0.5) is 21.8 Å². The predicted octanol–water partition coefficient (Wildman–Crippen LogP) is 2.41. The van der Waals surface area contributed by atoms with Crippen LogP contribution in [-0.2, 0) is 0 Å². The van der Waals surface area contributed by atoms with Crippen molar-refractivity contribution in [1.82, 2.24) is 9.97 Å². The molecule has 0 saturated heterocycles. The van der Waals surface area contributed by atoms with Crippen LogP contribution in [0.25, 0.3) is 0 Å². The second kappa shape index (κ2) is 5.31. The van der Waals surface area contributed by atoms with Crippen molar-refractivity contribution in [3.8, 4) is 5.75 Å². The standard InChI is InChI=1S/C12H13FN4O/c1-14-12-15-7-10(13)11(17-12)16-8-3-5-9(18-2)6-4-8/h3-7H,1-2H3,(H2,14,15,16,17). The zero-order valence-corrected chi connectivity index (χ0v) is 10.1. The molecule has 0 aliphatic heterocycles. The fraction of sp³-hybridized carbons (Fsp3) is 0.167. The SMILES string of the molecule is CNc1ncc(F)c(Nc2ccc(OC)cc2)n1. The molecule has 0 spiro atoms. The highest BCUT2D eigenvalue weighted by molar-refractivity contribution is 5.58. The average molecular weight is 248 g/mol. The predicted molar refractivity (Wildman–Crippen MR) is 67.8 cm³/mol. The molecule has 1 aromatic carbocycles. The fourth-order valence-corrected chi connectivity index (χ4v) is 1.39. The van der Waals surface area contributed by atoms with E-state index in [4.69, 9.17) is 4.74 Å². The lowest BCUT2D eigenvalue weighted by Crippen LogP contribution is -2.02. The Morgan fingerprint density at radius 1 is 1.22 bits per heavy atom. The van der Waals surface area contributed by atoms with Crippen molar-refractivity contribution in [2.24, 2.45) is 0 Å². The molecule has 0 atom stereocenters. The van der Waals surface area contributed by atoms with Crippen LogP contribution in [0.2, 0.25) is 0 Å². The van der Waals surface area contributed by atoms with Gasteiger partial charge in [-0.3, -0.25) is 0 Å². The lowest BCUT2D eigenvalue weighted by molar-refractivity contribution is 0.415. The first-order valence-electron chi connectivity index (χ1n) is 5.34. The number of rotatable bonds is 4. The first kappa shape index (κ1) is 12.1. The third-order valence-corrected chi connectivity index (χ3v) is 2.32. The summed E-state index contributed by atoms with van der Waals surface area (Å²) in [7, 11) is 3.26. The van der Waals surface area contributed by atoms with Crippen molar-refractivity contribution in [1.29, 1.82) is 0 Å². The number of benzene rings is 1. The molecule has 2 N–H and O–H groups in total. The lowest BCUT2D eigenvalue weighted by Gasteiger charge is -2.08. The van der Waals surface area contributed by atoms with Gasteiger partial charge in [0.1, 0.15) is 5.75 Å². The smallest absolute Gasteiger partial charge is 0.224 e. The van der Waals surface area contributed by atoms with E-state index in [1.807, 2.05) is 0 Å². The van der Waals surface area contributed by atoms with E-state index in [-0.39, 0.29) is 5.82 Å². The highest BCUT2D eigenvalue weighted by atomic mass is 19.1. The van der Waals surface area contributed by atoms with Gasteiger partial charge in [0.05, 0.1) is 13.3 Å². The van der Waals surface area contributed by atoms with Gasteiger partial charge in [0, 0.05) is 12.7 Å². The Morgan fingerprint density at radius 2 is 1.94 bits per heavy atom. The van der Waals surface area contributed by atoms with Crippen molar-refractivity contribution in [3.05, 3.63) is 36.3 Å². The van der Waals surface area contributed by atoms with Crippen LogP contribution in [0.15, 0.2) is 30.5 Å². The van der Waals surface area contributed by atoms with Crippen LogP contribution in [-0.4, -0.2) is 24.1 Å². The first-order chi connectivity index (χ1) is 8.72. The first-order valence-corrected chi connectivity index (χ1v) is 5.34. The maximum Gasteiger partial charge on any atom is 0.224 e. The third kappa shape index (κ3) is 2.65. The Kier molecular flexibility index (Phi) is 3.57. The topological polar surface area (TPSA) is 59.1 Å². The van der Waals surface area contributed by atoms with Crippen molar-refractivity contribution in [2.75, 3.05) is 24.8 Å². The summed E-state index contributed by atoms with van der Waals surface area (Å²) in [5, 5.41) is 5.63. The monoisotopic (exact) mass is 248 g/mol. The molecular weight excluding hydrogens is 235 g/mol. The molecule has 2 rings (SSSR count). The molecule has 94 valence electrons. The van der Waals surface area contributed by atoms with E-state index in [1.165, 1.54) is 0 Å². The van der Waals surface area contributed by atoms with Crippen molar-refractivity contribution in [2.45, 2.75) is 0 Å². The molecule has 0 radical (unpaired) electrons. The molecule has 0 fully saturated rings. The number of nitrogens with one attached hydrogen (secondary N) is 2. The molecule has 1 heterocycles. The fourth-order valence-electron chi connectivity index (χ4n) is 1.39. The van der Waals surface area contributed by atoms with Gasteiger partial charge < -0.3 is 15.4 Å². The van der Waals surface area contributed by atoms with Gasteiger partial charge in [-0.2, -0.15) is 4.98 Å². The van der Waals surface area contributed by atoms with Crippen LogP contribution in [0.5, 0.6) is 5.75 Å². The Bertz CT molecular complexity index is 530. The molecule has 1 aromatic heterocycles. The van der Waals surface area contributed by atoms with Gasteiger partial charge >= 0.3 is 0 Å². The Balaban J connectivity index is 2.21. The lowest BCUT2D eigenvalue weighted by atomic mass is 10.3. The molecule has 18 heavy (non-hydrogen) atoms. The molecule has 2 aromatic rings. The third-order valence-electron chi connectivity index (χ3n) is 2.32.